The zero-order valence-corrected chi connectivity index (χ0v) is 18.3. The number of carbonyl (C=O) groups is 1. The number of piperazine rings is 1. The second kappa shape index (κ2) is 8.52. The SMILES string of the molecule is CC(Cc1ccc(Cl)cc1Cl)N1CC2CC1CN2C(=O)Nc1ccc(C(F)(F)F)cc1. The van der Waals surface area contributed by atoms with Gasteiger partial charge in [-0.1, -0.05) is 29.3 Å². The minimum absolute atomic E-state index is 0.0857. The third-order valence-electron chi connectivity index (χ3n) is 6.10. The largest absolute Gasteiger partial charge is 0.416 e. The zero-order valence-electron chi connectivity index (χ0n) is 16.8. The summed E-state index contributed by atoms with van der Waals surface area (Å²) in [6, 6.07) is 10.3. The molecule has 0 radical (unpaired) electrons. The van der Waals surface area contributed by atoms with Gasteiger partial charge < -0.3 is 10.2 Å². The number of hydrogen-bond acceptors (Lipinski definition) is 2. The van der Waals surface area contributed by atoms with Crippen LogP contribution in [-0.4, -0.2) is 47.0 Å². The summed E-state index contributed by atoms with van der Waals surface area (Å²) in [5, 5.41) is 3.98. The standard InChI is InChI=1S/C22H22Cl2F3N3O/c1-13(8-14-2-5-16(23)9-20(14)24)29-11-19-10-18(29)12-30(19)21(31)28-17-6-3-15(4-7-17)22(25,26)27/h2-7,9,13,18-19H,8,10-12H2,1H3,(H,28,31). The first kappa shape index (κ1) is 22.2. The smallest absolute Gasteiger partial charge is 0.319 e. The summed E-state index contributed by atoms with van der Waals surface area (Å²) in [5.41, 5.74) is 0.651. The van der Waals surface area contributed by atoms with Gasteiger partial charge in [0.05, 0.1) is 5.56 Å². The van der Waals surface area contributed by atoms with Crippen molar-refractivity contribution in [3.05, 3.63) is 63.6 Å². The van der Waals surface area contributed by atoms with Crippen molar-refractivity contribution in [1.29, 1.82) is 0 Å². The Morgan fingerprint density at radius 3 is 2.42 bits per heavy atom. The van der Waals surface area contributed by atoms with Crippen molar-refractivity contribution >= 4 is 34.9 Å². The summed E-state index contributed by atoms with van der Waals surface area (Å²) in [5.74, 6) is 0. The van der Waals surface area contributed by atoms with Crippen molar-refractivity contribution in [2.24, 2.45) is 0 Å². The van der Waals surface area contributed by atoms with E-state index in [0.29, 0.717) is 22.3 Å². The molecule has 0 aliphatic carbocycles. The Kier molecular flexibility index (Phi) is 6.12. The molecule has 2 amide bonds. The van der Waals surface area contributed by atoms with Crippen molar-refractivity contribution in [3.63, 3.8) is 0 Å². The second-order valence-electron chi connectivity index (χ2n) is 8.19. The second-order valence-corrected chi connectivity index (χ2v) is 9.03. The number of rotatable bonds is 4. The van der Waals surface area contributed by atoms with Gasteiger partial charge in [0, 0.05) is 46.9 Å². The van der Waals surface area contributed by atoms with Gasteiger partial charge in [-0.05, 0) is 61.7 Å². The average Bonchev–Trinajstić information content (AvgIpc) is 3.31. The van der Waals surface area contributed by atoms with Crippen LogP contribution in [0, 0.1) is 0 Å². The van der Waals surface area contributed by atoms with Crippen molar-refractivity contribution < 1.29 is 18.0 Å². The molecule has 3 unspecified atom stereocenters. The summed E-state index contributed by atoms with van der Waals surface area (Å²) in [6.07, 6.45) is -2.72. The van der Waals surface area contributed by atoms with Crippen LogP contribution in [0.25, 0.3) is 0 Å². The van der Waals surface area contributed by atoms with E-state index < -0.39 is 11.7 Å². The summed E-state index contributed by atoms with van der Waals surface area (Å²) in [4.78, 5) is 16.9. The molecule has 2 heterocycles. The molecule has 0 saturated carbocycles. The van der Waals surface area contributed by atoms with E-state index in [0.717, 1.165) is 37.1 Å². The Labute approximate surface area is 188 Å². The summed E-state index contributed by atoms with van der Waals surface area (Å²) in [6.45, 7) is 3.51. The Bertz CT molecular complexity index is 967. The zero-order chi connectivity index (χ0) is 22.3. The molecule has 4 nitrogen and oxygen atoms in total. The van der Waals surface area contributed by atoms with Crippen molar-refractivity contribution in [3.8, 4) is 0 Å². The molecule has 2 aromatic carbocycles. The summed E-state index contributed by atoms with van der Waals surface area (Å²) in [7, 11) is 0. The van der Waals surface area contributed by atoms with E-state index in [9.17, 15) is 18.0 Å². The summed E-state index contributed by atoms with van der Waals surface area (Å²) < 4.78 is 38.1. The fraction of sp³-hybridized carbons (Fsp3) is 0.409. The lowest BCUT2D eigenvalue weighted by molar-refractivity contribution is -0.137. The van der Waals surface area contributed by atoms with Crippen LogP contribution in [0.4, 0.5) is 23.7 Å². The highest BCUT2D eigenvalue weighted by molar-refractivity contribution is 6.35. The molecule has 2 aliphatic heterocycles. The molecule has 2 aliphatic rings. The van der Waals surface area contributed by atoms with E-state index >= 15 is 0 Å². The molecular weight excluding hydrogens is 450 g/mol. The van der Waals surface area contributed by atoms with Gasteiger partial charge in [-0.2, -0.15) is 13.2 Å². The third kappa shape index (κ3) is 4.78. The van der Waals surface area contributed by atoms with Crippen LogP contribution in [0.2, 0.25) is 10.0 Å². The molecular formula is C22H22Cl2F3N3O. The van der Waals surface area contributed by atoms with Crippen LogP contribution in [0.3, 0.4) is 0 Å². The number of anilines is 1. The normalized spacial score (nSPS) is 22.1. The summed E-state index contributed by atoms with van der Waals surface area (Å²) >= 11 is 12.3. The number of nitrogens with zero attached hydrogens (tertiary/aromatic N) is 2. The number of nitrogens with one attached hydrogen (secondary N) is 1. The number of carbonyl (C=O) groups excluding carboxylic acids is 1. The van der Waals surface area contributed by atoms with Crippen LogP contribution in [0.15, 0.2) is 42.5 Å². The lowest BCUT2D eigenvalue weighted by Crippen LogP contribution is -2.52. The van der Waals surface area contributed by atoms with Gasteiger partial charge in [0.25, 0.3) is 0 Å². The Hall–Kier alpha value is -1.96. The van der Waals surface area contributed by atoms with Gasteiger partial charge in [0.1, 0.15) is 0 Å². The highest BCUT2D eigenvalue weighted by Crippen LogP contribution is 2.34. The number of alkyl halides is 3. The van der Waals surface area contributed by atoms with Crippen LogP contribution < -0.4 is 5.32 Å². The minimum Gasteiger partial charge on any atom is -0.319 e. The first-order chi connectivity index (χ1) is 14.6. The molecule has 1 N–H and O–H groups in total. The molecule has 2 bridgehead atoms. The predicted molar refractivity (Wildman–Crippen MR) is 116 cm³/mol. The predicted octanol–water partition coefficient (Wildman–Crippen LogP) is 5.93. The van der Waals surface area contributed by atoms with Gasteiger partial charge in [-0.3, -0.25) is 4.90 Å². The van der Waals surface area contributed by atoms with Gasteiger partial charge in [0.2, 0.25) is 0 Å². The monoisotopic (exact) mass is 471 g/mol. The molecule has 0 aromatic heterocycles. The maximum absolute atomic E-state index is 12.7. The highest BCUT2D eigenvalue weighted by atomic mass is 35.5. The average molecular weight is 472 g/mol. The lowest BCUT2D eigenvalue weighted by Gasteiger charge is -2.37. The van der Waals surface area contributed by atoms with Gasteiger partial charge >= 0.3 is 12.2 Å². The van der Waals surface area contributed by atoms with Crippen LogP contribution >= 0.6 is 23.2 Å². The van der Waals surface area contributed by atoms with Gasteiger partial charge in [-0.25, -0.2) is 4.79 Å². The number of fused-ring (bicyclic) bond motifs is 2. The number of benzene rings is 2. The fourth-order valence-electron chi connectivity index (χ4n) is 4.55. The number of amides is 2. The van der Waals surface area contributed by atoms with Gasteiger partial charge in [0.15, 0.2) is 0 Å². The number of hydrogen-bond donors (Lipinski definition) is 1. The van der Waals surface area contributed by atoms with Crippen LogP contribution in [0.5, 0.6) is 0 Å². The van der Waals surface area contributed by atoms with E-state index in [1.165, 1.54) is 12.1 Å². The van der Waals surface area contributed by atoms with Gasteiger partial charge in [-0.15, -0.1) is 0 Å². The first-order valence-electron chi connectivity index (χ1n) is 10.1. The molecule has 2 saturated heterocycles. The van der Waals surface area contributed by atoms with E-state index in [2.05, 4.69) is 17.1 Å². The molecule has 2 aromatic rings. The molecule has 9 heteroatoms. The Morgan fingerprint density at radius 1 is 1.13 bits per heavy atom. The molecule has 4 rings (SSSR count). The Morgan fingerprint density at radius 2 is 1.84 bits per heavy atom. The van der Waals surface area contributed by atoms with E-state index in [4.69, 9.17) is 23.2 Å². The maximum Gasteiger partial charge on any atom is 0.416 e. The van der Waals surface area contributed by atoms with Crippen LogP contribution in [0.1, 0.15) is 24.5 Å². The first-order valence-corrected chi connectivity index (χ1v) is 10.8. The topological polar surface area (TPSA) is 35.6 Å². The fourth-order valence-corrected chi connectivity index (χ4v) is 5.03. The highest BCUT2D eigenvalue weighted by Gasteiger charge is 2.46. The van der Waals surface area contributed by atoms with Crippen molar-refractivity contribution in [2.75, 3.05) is 18.4 Å². The van der Waals surface area contributed by atoms with Crippen molar-refractivity contribution in [2.45, 2.75) is 44.1 Å². The lowest BCUT2D eigenvalue weighted by atomic mass is 10.0. The third-order valence-corrected chi connectivity index (χ3v) is 6.69. The van der Waals surface area contributed by atoms with E-state index in [-0.39, 0.29) is 24.2 Å². The Balaban J connectivity index is 1.34. The quantitative estimate of drug-likeness (QED) is 0.599. The molecule has 31 heavy (non-hydrogen) atoms. The minimum atomic E-state index is -4.40. The number of likely N-dealkylation sites (tertiary alicyclic amines) is 2. The molecule has 0 spiro atoms. The number of urea groups is 1. The number of halogens is 5. The van der Waals surface area contributed by atoms with E-state index in [1.807, 2.05) is 12.1 Å². The van der Waals surface area contributed by atoms with Crippen molar-refractivity contribution in [1.82, 2.24) is 9.80 Å². The maximum atomic E-state index is 12.7. The molecule has 166 valence electrons. The van der Waals surface area contributed by atoms with E-state index in [1.54, 1.807) is 11.0 Å². The molecule has 3 atom stereocenters. The molecule has 2 fully saturated rings. The van der Waals surface area contributed by atoms with Crippen LogP contribution in [-0.2, 0) is 12.6 Å².